The largest absolute Gasteiger partial charge is 0.416 e. The number of alkyl halides is 3. The number of hydrogen-bond donors (Lipinski definition) is 1. The monoisotopic (exact) mass is 383 g/mol. The van der Waals surface area contributed by atoms with Crippen LogP contribution < -0.4 is 4.72 Å². The number of halogens is 5. The van der Waals surface area contributed by atoms with Crippen molar-refractivity contribution in [2.75, 3.05) is 0 Å². The van der Waals surface area contributed by atoms with Crippen molar-refractivity contribution in [3.05, 3.63) is 63.6 Å². The predicted molar refractivity (Wildman–Crippen MR) is 81.9 cm³/mol. The lowest BCUT2D eigenvalue weighted by Gasteiger charge is -2.10. The molecule has 3 nitrogen and oxygen atoms in total. The van der Waals surface area contributed by atoms with E-state index in [-0.39, 0.29) is 21.5 Å². The standard InChI is InChI=1S/C14H10Cl2F3NO2S/c15-12-3-1-2-9(13(12)16)8-20-23(21,22)11-6-4-10(5-7-11)14(17,18)19/h1-7,20H,8H2. The first-order valence-corrected chi connectivity index (χ1v) is 8.45. The highest BCUT2D eigenvalue weighted by Gasteiger charge is 2.30. The zero-order chi connectivity index (χ0) is 17.3. The number of rotatable bonds is 4. The molecule has 124 valence electrons. The summed E-state index contributed by atoms with van der Waals surface area (Å²) < 4.78 is 63.9. The molecule has 1 N–H and O–H groups in total. The first-order chi connectivity index (χ1) is 10.6. The van der Waals surface area contributed by atoms with Crippen molar-refractivity contribution in [3.8, 4) is 0 Å². The minimum Gasteiger partial charge on any atom is -0.207 e. The van der Waals surface area contributed by atoms with Crippen molar-refractivity contribution in [2.24, 2.45) is 0 Å². The maximum atomic E-state index is 12.5. The smallest absolute Gasteiger partial charge is 0.207 e. The SMILES string of the molecule is O=S(=O)(NCc1cccc(Cl)c1Cl)c1ccc(C(F)(F)F)cc1. The van der Waals surface area contributed by atoms with Gasteiger partial charge in [-0.1, -0.05) is 35.3 Å². The Morgan fingerprint density at radius 2 is 1.61 bits per heavy atom. The summed E-state index contributed by atoms with van der Waals surface area (Å²) in [7, 11) is -3.97. The Kier molecular flexibility index (Phi) is 5.25. The zero-order valence-electron chi connectivity index (χ0n) is 11.4. The summed E-state index contributed by atoms with van der Waals surface area (Å²) in [6.45, 7) is -0.136. The van der Waals surface area contributed by atoms with Crippen molar-refractivity contribution in [2.45, 2.75) is 17.6 Å². The molecule has 0 aliphatic carbocycles. The topological polar surface area (TPSA) is 46.2 Å². The van der Waals surface area contributed by atoms with Gasteiger partial charge in [-0.3, -0.25) is 0 Å². The normalized spacial score (nSPS) is 12.4. The number of sulfonamides is 1. The average molecular weight is 384 g/mol. The van der Waals surface area contributed by atoms with Crippen LogP contribution in [0, 0.1) is 0 Å². The van der Waals surface area contributed by atoms with E-state index in [0.717, 1.165) is 12.1 Å². The molecule has 0 radical (unpaired) electrons. The Morgan fingerprint density at radius 3 is 2.17 bits per heavy atom. The van der Waals surface area contributed by atoms with E-state index in [4.69, 9.17) is 23.2 Å². The summed E-state index contributed by atoms with van der Waals surface area (Å²) in [6.07, 6.45) is -4.52. The zero-order valence-corrected chi connectivity index (χ0v) is 13.7. The molecule has 23 heavy (non-hydrogen) atoms. The molecule has 0 saturated carbocycles. The van der Waals surface area contributed by atoms with Crippen molar-refractivity contribution in [1.82, 2.24) is 4.72 Å². The van der Waals surface area contributed by atoms with E-state index in [0.29, 0.717) is 17.7 Å². The van der Waals surface area contributed by atoms with Crippen molar-refractivity contribution in [3.63, 3.8) is 0 Å². The van der Waals surface area contributed by atoms with Gasteiger partial charge in [0.05, 0.1) is 20.5 Å². The lowest BCUT2D eigenvalue weighted by molar-refractivity contribution is -0.137. The third-order valence-corrected chi connectivity index (χ3v) is 5.25. The summed E-state index contributed by atoms with van der Waals surface area (Å²) in [5.74, 6) is 0. The maximum absolute atomic E-state index is 12.5. The molecule has 0 spiro atoms. The van der Waals surface area contributed by atoms with Crippen molar-refractivity contribution in [1.29, 1.82) is 0 Å². The molecule has 0 amide bonds. The molecule has 0 atom stereocenters. The highest BCUT2D eigenvalue weighted by molar-refractivity contribution is 7.89. The second kappa shape index (κ2) is 6.68. The molecule has 0 bridgehead atoms. The van der Waals surface area contributed by atoms with E-state index < -0.39 is 21.8 Å². The Hall–Kier alpha value is -1.28. The molecule has 9 heteroatoms. The third kappa shape index (κ3) is 4.38. The molecule has 0 aliphatic rings. The summed E-state index contributed by atoms with van der Waals surface area (Å²) in [5, 5.41) is 0.488. The van der Waals surface area contributed by atoms with Crippen LogP contribution in [0.15, 0.2) is 47.4 Å². The Morgan fingerprint density at radius 1 is 1.00 bits per heavy atom. The van der Waals surface area contributed by atoms with Gasteiger partial charge in [0.2, 0.25) is 10.0 Å². The Bertz CT molecular complexity index is 806. The van der Waals surface area contributed by atoms with Gasteiger partial charge < -0.3 is 0 Å². The first kappa shape index (κ1) is 18.1. The Labute approximate surface area is 141 Å². The van der Waals surface area contributed by atoms with Gasteiger partial charge in [0.25, 0.3) is 0 Å². The van der Waals surface area contributed by atoms with Crippen LogP contribution in [-0.2, 0) is 22.7 Å². The van der Waals surface area contributed by atoms with E-state index in [9.17, 15) is 21.6 Å². The molecular weight excluding hydrogens is 374 g/mol. The van der Waals surface area contributed by atoms with Crippen LogP contribution >= 0.6 is 23.2 Å². The number of nitrogens with one attached hydrogen (secondary N) is 1. The van der Waals surface area contributed by atoms with E-state index in [2.05, 4.69) is 4.72 Å². The number of hydrogen-bond acceptors (Lipinski definition) is 2. The minimum atomic E-state index is -4.52. The van der Waals surface area contributed by atoms with Crippen LogP contribution in [0.25, 0.3) is 0 Å². The minimum absolute atomic E-state index is 0.136. The summed E-state index contributed by atoms with van der Waals surface area (Å²) >= 11 is 11.8. The summed E-state index contributed by atoms with van der Waals surface area (Å²) in [6, 6.07) is 7.95. The van der Waals surface area contributed by atoms with Crippen LogP contribution in [0.4, 0.5) is 13.2 Å². The molecule has 2 rings (SSSR count). The van der Waals surface area contributed by atoms with Crippen molar-refractivity contribution >= 4 is 33.2 Å². The third-order valence-electron chi connectivity index (χ3n) is 2.98. The fourth-order valence-electron chi connectivity index (χ4n) is 1.76. The molecule has 0 aliphatic heterocycles. The van der Waals surface area contributed by atoms with Gasteiger partial charge in [-0.15, -0.1) is 0 Å². The predicted octanol–water partition coefficient (Wildman–Crippen LogP) is 4.49. The number of benzene rings is 2. The van der Waals surface area contributed by atoms with Crippen LogP contribution in [-0.4, -0.2) is 8.42 Å². The second-order valence-electron chi connectivity index (χ2n) is 4.56. The molecule has 2 aromatic rings. The fourth-order valence-corrected chi connectivity index (χ4v) is 3.16. The molecule has 0 saturated heterocycles. The summed E-state index contributed by atoms with van der Waals surface area (Å²) in [5.41, 5.74) is -0.469. The first-order valence-electron chi connectivity index (χ1n) is 6.21. The molecule has 0 heterocycles. The fraction of sp³-hybridized carbons (Fsp3) is 0.143. The van der Waals surface area contributed by atoms with E-state index in [1.165, 1.54) is 0 Å². The second-order valence-corrected chi connectivity index (χ2v) is 7.11. The van der Waals surface area contributed by atoms with Crippen LogP contribution in [0.5, 0.6) is 0 Å². The summed E-state index contributed by atoms with van der Waals surface area (Å²) in [4.78, 5) is -0.274. The van der Waals surface area contributed by atoms with Gasteiger partial charge in [0, 0.05) is 6.54 Å². The molecule has 2 aromatic carbocycles. The van der Waals surface area contributed by atoms with Gasteiger partial charge in [-0.25, -0.2) is 13.1 Å². The van der Waals surface area contributed by atoms with Crippen molar-refractivity contribution < 1.29 is 21.6 Å². The highest BCUT2D eigenvalue weighted by atomic mass is 35.5. The lowest BCUT2D eigenvalue weighted by Crippen LogP contribution is -2.23. The maximum Gasteiger partial charge on any atom is 0.416 e. The molecule has 0 fully saturated rings. The Balaban J connectivity index is 2.17. The van der Waals surface area contributed by atoms with Gasteiger partial charge in [-0.2, -0.15) is 13.2 Å². The van der Waals surface area contributed by atoms with E-state index >= 15 is 0 Å². The van der Waals surface area contributed by atoms with E-state index in [1.807, 2.05) is 0 Å². The molecule has 0 unspecified atom stereocenters. The van der Waals surface area contributed by atoms with Crippen LogP contribution in [0.3, 0.4) is 0 Å². The van der Waals surface area contributed by atoms with Crippen LogP contribution in [0.1, 0.15) is 11.1 Å². The average Bonchev–Trinajstić information content (AvgIpc) is 2.48. The quantitative estimate of drug-likeness (QED) is 0.845. The van der Waals surface area contributed by atoms with Gasteiger partial charge in [0.15, 0.2) is 0 Å². The van der Waals surface area contributed by atoms with Crippen LogP contribution in [0.2, 0.25) is 10.0 Å². The van der Waals surface area contributed by atoms with E-state index in [1.54, 1.807) is 18.2 Å². The highest BCUT2D eigenvalue weighted by Crippen LogP contribution is 2.30. The molecular formula is C14H10Cl2F3NO2S. The van der Waals surface area contributed by atoms with Gasteiger partial charge in [0.1, 0.15) is 0 Å². The molecule has 0 aromatic heterocycles. The van der Waals surface area contributed by atoms with Gasteiger partial charge in [-0.05, 0) is 35.9 Å². The van der Waals surface area contributed by atoms with Gasteiger partial charge >= 0.3 is 6.18 Å². The lowest BCUT2D eigenvalue weighted by atomic mass is 10.2.